The number of piperazine rings is 1. The maximum atomic E-state index is 12.9. The van der Waals surface area contributed by atoms with Gasteiger partial charge in [0.2, 0.25) is 10.0 Å². The molecule has 2 heterocycles. The number of benzene rings is 2. The summed E-state index contributed by atoms with van der Waals surface area (Å²) in [6.45, 7) is 2.20. The van der Waals surface area contributed by atoms with Gasteiger partial charge in [-0.15, -0.1) is 0 Å². The van der Waals surface area contributed by atoms with Gasteiger partial charge in [-0.3, -0.25) is 0 Å². The van der Waals surface area contributed by atoms with E-state index in [1.165, 1.54) is 0 Å². The summed E-state index contributed by atoms with van der Waals surface area (Å²) in [6, 6.07) is 15.0. The average Bonchev–Trinajstić information content (AvgIpc) is 3.06. The van der Waals surface area contributed by atoms with Crippen molar-refractivity contribution in [2.24, 2.45) is 0 Å². The fraction of sp³-hybridized carbons (Fsp3) is 0.235. The van der Waals surface area contributed by atoms with Gasteiger partial charge in [0.1, 0.15) is 0 Å². The van der Waals surface area contributed by atoms with Gasteiger partial charge in [0.05, 0.1) is 15.1 Å². The van der Waals surface area contributed by atoms with Crippen LogP contribution in [0.5, 0.6) is 0 Å². The number of hydrogen-bond donors (Lipinski definition) is 0. The molecule has 0 aliphatic carbocycles. The molecule has 0 radical (unpaired) electrons. The van der Waals surface area contributed by atoms with Crippen molar-refractivity contribution >= 4 is 52.6 Å². The molecule has 5 nitrogen and oxygen atoms in total. The third-order valence-electron chi connectivity index (χ3n) is 4.25. The smallest absolute Gasteiger partial charge is 0.244 e. The number of halogens is 1. The summed E-state index contributed by atoms with van der Waals surface area (Å²) in [5.74, 6) is 0. The Bertz CT molecular complexity index is 978. The van der Waals surface area contributed by atoms with Gasteiger partial charge in [0.25, 0.3) is 0 Å². The largest absolute Gasteiger partial charge is 0.345 e. The first kappa shape index (κ1) is 17.0. The summed E-state index contributed by atoms with van der Waals surface area (Å²) in [5, 5.41) is 0.958. The van der Waals surface area contributed by atoms with Crippen LogP contribution in [0, 0.1) is 0 Å². The van der Waals surface area contributed by atoms with Crippen LogP contribution in [0.4, 0.5) is 5.13 Å². The highest BCUT2D eigenvalue weighted by Crippen LogP contribution is 2.30. The van der Waals surface area contributed by atoms with E-state index in [1.807, 2.05) is 24.3 Å². The Balaban J connectivity index is 1.52. The molecule has 0 bridgehead atoms. The number of aromatic nitrogens is 1. The molecule has 0 unspecified atom stereocenters. The number of nitrogens with zero attached hydrogens (tertiary/aromatic N) is 3. The van der Waals surface area contributed by atoms with Gasteiger partial charge in [-0.05, 0) is 40.2 Å². The number of hydrogen-bond acceptors (Lipinski definition) is 5. The van der Waals surface area contributed by atoms with Crippen LogP contribution >= 0.6 is 27.3 Å². The van der Waals surface area contributed by atoms with Crippen molar-refractivity contribution in [1.29, 1.82) is 0 Å². The van der Waals surface area contributed by atoms with Crippen molar-refractivity contribution in [3.63, 3.8) is 0 Å². The Morgan fingerprint density at radius 1 is 0.960 bits per heavy atom. The second kappa shape index (κ2) is 6.68. The number of thiazole rings is 1. The van der Waals surface area contributed by atoms with E-state index in [2.05, 4.69) is 31.9 Å². The molecule has 0 amide bonds. The highest BCUT2D eigenvalue weighted by Gasteiger charge is 2.30. The lowest BCUT2D eigenvalue weighted by molar-refractivity contribution is 0.384. The molecule has 8 heteroatoms. The summed E-state index contributed by atoms with van der Waals surface area (Å²) >= 11 is 4.99. The zero-order valence-electron chi connectivity index (χ0n) is 13.3. The molecule has 1 aliphatic heterocycles. The minimum Gasteiger partial charge on any atom is -0.345 e. The average molecular weight is 438 g/mol. The first-order valence-electron chi connectivity index (χ1n) is 7.91. The zero-order chi connectivity index (χ0) is 17.4. The van der Waals surface area contributed by atoms with E-state index in [0.29, 0.717) is 35.5 Å². The molecule has 0 N–H and O–H groups in total. The summed E-state index contributed by atoms with van der Waals surface area (Å²) in [5.41, 5.74) is 0.991. The van der Waals surface area contributed by atoms with Gasteiger partial charge in [0, 0.05) is 30.7 Å². The lowest BCUT2D eigenvalue weighted by Crippen LogP contribution is -2.48. The topological polar surface area (TPSA) is 53.5 Å². The quantitative estimate of drug-likeness (QED) is 0.628. The molecule has 1 aliphatic rings. The Kier molecular flexibility index (Phi) is 4.53. The van der Waals surface area contributed by atoms with E-state index in [4.69, 9.17) is 0 Å². The molecule has 25 heavy (non-hydrogen) atoms. The molecule has 1 saturated heterocycles. The molecule has 2 aromatic carbocycles. The predicted molar refractivity (Wildman–Crippen MR) is 105 cm³/mol. The molecule has 3 aromatic rings. The molecular weight excluding hydrogens is 422 g/mol. The molecule has 1 aromatic heterocycles. The normalized spacial score (nSPS) is 16.4. The molecule has 0 atom stereocenters. The monoisotopic (exact) mass is 437 g/mol. The van der Waals surface area contributed by atoms with Crippen LogP contribution in [-0.4, -0.2) is 43.9 Å². The van der Waals surface area contributed by atoms with Crippen LogP contribution in [0.15, 0.2) is 57.9 Å². The Morgan fingerprint density at radius 3 is 2.36 bits per heavy atom. The summed E-state index contributed by atoms with van der Waals surface area (Å²) in [6.07, 6.45) is 0. The predicted octanol–water partition coefficient (Wildman–Crippen LogP) is 3.57. The fourth-order valence-corrected chi connectivity index (χ4v) is 6.31. The molecule has 0 saturated carbocycles. The summed E-state index contributed by atoms with van der Waals surface area (Å²) in [7, 11) is -3.48. The van der Waals surface area contributed by atoms with Crippen molar-refractivity contribution in [2.75, 3.05) is 31.1 Å². The van der Waals surface area contributed by atoms with Gasteiger partial charge in [-0.1, -0.05) is 35.6 Å². The van der Waals surface area contributed by atoms with Crippen LogP contribution in [-0.2, 0) is 10.0 Å². The van der Waals surface area contributed by atoms with Crippen molar-refractivity contribution in [2.45, 2.75) is 4.90 Å². The minimum atomic E-state index is -3.48. The Morgan fingerprint density at radius 2 is 1.64 bits per heavy atom. The van der Waals surface area contributed by atoms with Crippen LogP contribution in [0.1, 0.15) is 0 Å². The maximum Gasteiger partial charge on any atom is 0.244 e. The van der Waals surface area contributed by atoms with Crippen molar-refractivity contribution in [3.05, 3.63) is 53.0 Å². The summed E-state index contributed by atoms with van der Waals surface area (Å²) < 4.78 is 29.0. The number of sulfonamides is 1. The minimum absolute atomic E-state index is 0.323. The van der Waals surface area contributed by atoms with E-state index in [0.717, 1.165) is 15.3 Å². The number of para-hydroxylation sites is 1. The molecular formula is C17H16BrN3O2S2. The van der Waals surface area contributed by atoms with Crippen LogP contribution in [0.25, 0.3) is 10.2 Å². The Hall–Kier alpha value is -1.48. The highest BCUT2D eigenvalue weighted by molar-refractivity contribution is 9.10. The lowest BCUT2D eigenvalue weighted by atomic mass is 10.3. The lowest BCUT2D eigenvalue weighted by Gasteiger charge is -2.33. The summed E-state index contributed by atoms with van der Waals surface area (Å²) in [4.78, 5) is 7.15. The fourth-order valence-electron chi connectivity index (χ4n) is 2.91. The van der Waals surface area contributed by atoms with Gasteiger partial charge in [-0.25, -0.2) is 13.4 Å². The van der Waals surface area contributed by atoms with E-state index in [9.17, 15) is 8.42 Å². The van der Waals surface area contributed by atoms with Crippen LogP contribution in [0.3, 0.4) is 0 Å². The first-order chi connectivity index (χ1) is 12.1. The second-order valence-electron chi connectivity index (χ2n) is 5.79. The van der Waals surface area contributed by atoms with Gasteiger partial charge >= 0.3 is 0 Å². The number of fused-ring (bicyclic) bond motifs is 1. The molecule has 130 valence electrons. The standard InChI is InChI=1S/C17H16BrN3O2S2/c18-13-5-1-4-8-16(13)25(22,23)21-11-9-20(10-12-21)17-19-14-6-2-3-7-15(14)24-17/h1-8H,9-12H2. The van der Waals surface area contributed by atoms with E-state index in [1.54, 1.807) is 33.8 Å². The first-order valence-corrected chi connectivity index (χ1v) is 11.0. The van der Waals surface area contributed by atoms with E-state index in [-0.39, 0.29) is 0 Å². The van der Waals surface area contributed by atoms with Gasteiger partial charge in [-0.2, -0.15) is 4.31 Å². The van der Waals surface area contributed by atoms with Gasteiger partial charge in [0.15, 0.2) is 5.13 Å². The zero-order valence-corrected chi connectivity index (χ0v) is 16.5. The van der Waals surface area contributed by atoms with E-state index >= 15 is 0 Å². The number of rotatable bonds is 3. The van der Waals surface area contributed by atoms with Crippen molar-refractivity contribution in [1.82, 2.24) is 9.29 Å². The van der Waals surface area contributed by atoms with E-state index < -0.39 is 10.0 Å². The number of anilines is 1. The van der Waals surface area contributed by atoms with Crippen LogP contribution < -0.4 is 4.90 Å². The molecule has 1 fully saturated rings. The highest BCUT2D eigenvalue weighted by atomic mass is 79.9. The van der Waals surface area contributed by atoms with Crippen molar-refractivity contribution in [3.8, 4) is 0 Å². The molecule has 4 rings (SSSR count). The maximum absolute atomic E-state index is 12.9. The Labute approximate surface area is 159 Å². The van der Waals surface area contributed by atoms with Crippen LogP contribution in [0.2, 0.25) is 0 Å². The van der Waals surface area contributed by atoms with Crippen molar-refractivity contribution < 1.29 is 8.42 Å². The third kappa shape index (κ3) is 3.19. The van der Waals surface area contributed by atoms with Gasteiger partial charge < -0.3 is 4.90 Å². The SMILES string of the molecule is O=S(=O)(c1ccccc1Br)N1CCN(c2nc3ccccc3s2)CC1. The molecule has 0 spiro atoms. The second-order valence-corrected chi connectivity index (χ2v) is 9.56. The third-order valence-corrected chi connectivity index (χ3v) is 8.25.